The summed E-state index contributed by atoms with van der Waals surface area (Å²) in [7, 11) is 0. The molecule has 0 saturated carbocycles. The van der Waals surface area contributed by atoms with Crippen LogP contribution in [0.1, 0.15) is 38.5 Å². The van der Waals surface area contributed by atoms with Crippen molar-refractivity contribution < 1.29 is 14.4 Å². The lowest BCUT2D eigenvalue weighted by molar-refractivity contribution is -0.136. The molecular formula is C17H24N4O3. The first kappa shape index (κ1) is 17.9. The molecule has 0 radical (unpaired) electrons. The van der Waals surface area contributed by atoms with Crippen LogP contribution in [-0.2, 0) is 14.4 Å². The molecule has 0 atom stereocenters. The van der Waals surface area contributed by atoms with Gasteiger partial charge in [0.25, 0.3) is 0 Å². The van der Waals surface area contributed by atoms with Crippen LogP contribution in [0.3, 0.4) is 0 Å². The Morgan fingerprint density at radius 2 is 1.83 bits per heavy atom. The van der Waals surface area contributed by atoms with Gasteiger partial charge in [0.2, 0.25) is 17.7 Å². The number of anilines is 1. The summed E-state index contributed by atoms with van der Waals surface area (Å²) in [6.07, 6.45) is 7.90. The molecular weight excluding hydrogens is 308 g/mol. The molecule has 0 unspecified atom stereocenters. The maximum Gasteiger partial charge on any atom is 0.239 e. The summed E-state index contributed by atoms with van der Waals surface area (Å²) in [5.74, 6) is -0.357. The topological polar surface area (TPSA) is 91.4 Å². The summed E-state index contributed by atoms with van der Waals surface area (Å²) >= 11 is 0. The van der Waals surface area contributed by atoms with E-state index in [1.165, 1.54) is 0 Å². The summed E-state index contributed by atoms with van der Waals surface area (Å²) < 4.78 is 0. The molecule has 1 saturated heterocycles. The van der Waals surface area contributed by atoms with Gasteiger partial charge < -0.3 is 15.5 Å². The minimum Gasteiger partial charge on any atom is -0.354 e. The van der Waals surface area contributed by atoms with Crippen molar-refractivity contribution in [3.8, 4) is 0 Å². The molecule has 1 aromatic rings. The number of pyridine rings is 1. The average molecular weight is 332 g/mol. The number of likely N-dealkylation sites (tertiary alicyclic amines) is 1. The number of nitrogens with one attached hydrogen (secondary N) is 2. The standard InChI is InChI=1S/C17H24N4O3/c22-15(20-14-6-9-18-10-7-14)8-11-19-16(23)13-21-12-4-2-1-3-5-17(21)24/h6-7,9-10H,1-5,8,11-13H2,(H,19,23)(H,18,20,22). The summed E-state index contributed by atoms with van der Waals surface area (Å²) in [4.78, 5) is 41.2. The Morgan fingerprint density at radius 1 is 1.08 bits per heavy atom. The van der Waals surface area contributed by atoms with Crippen molar-refractivity contribution in [3.05, 3.63) is 24.5 Å². The Hall–Kier alpha value is -2.44. The molecule has 0 aliphatic carbocycles. The quantitative estimate of drug-likeness (QED) is 0.822. The van der Waals surface area contributed by atoms with E-state index in [0.717, 1.165) is 25.7 Å². The van der Waals surface area contributed by atoms with Crippen LogP contribution >= 0.6 is 0 Å². The maximum absolute atomic E-state index is 12.0. The van der Waals surface area contributed by atoms with E-state index >= 15 is 0 Å². The van der Waals surface area contributed by atoms with Gasteiger partial charge in [-0.05, 0) is 25.0 Å². The molecule has 130 valence electrons. The number of carbonyl (C=O) groups is 3. The van der Waals surface area contributed by atoms with Crippen LogP contribution in [-0.4, -0.2) is 47.2 Å². The number of hydrogen-bond donors (Lipinski definition) is 2. The molecule has 7 heteroatoms. The Bertz CT molecular complexity index is 562. The van der Waals surface area contributed by atoms with Crippen LogP contribution in [0.15, 0.2) is 24.5 Å². The van der Waals surface area contributed by atoms with E-state index < -0.39 is 0 Å². The molecule has 2 heterocycles. The predicted molar refractivity (Wildman–Crippen MR) is 90.2 cm³/mol. The molecule has 1 fully saturated rings. The highest BCUT2D eigenvalue weighted by atomic mass is 16.2. The first-order valence-corrected chi connectivity index (χ1v) is 8.39. The van der Waals surface area contributed by atoms with Gasteiger partial charge in [0.05, 0.1) is 6.54 Å². The second-order valence-corrected chi connectivity index (χ2v) is 5.86. The highest BCUT2D eigenvalue weighted by Gasteiger charge is 2.18. The second kappa shape index (κ2) is 9.64. The molecule has 2 rings (SSSR count). The van der Waals surface area contributed by atoms with Gasteiger partial charge in [0, 0.05) is 44.0 Å². The molecule has 3 amide bonds. The van der Waals surface area contributed by atoms with Gasteiger partial charge in [0.1, 0.15) is 0 Å². The highest BCUT2D eigenvalue weighted by Crippen LogP contribution is 2.11. The van der Waals surface area contributed by atoms with Crippen molar-refractivity contribution in [2.45, 2.75) is 38.5 Å². The Morgan fingerprint density at radius 3 is 2.62 bits per heavy atom. The number of amides is 3. The fourth-order valence-corrected chi connectivity index (χ4v) is 2.59. The van der Waals surface area contributed by atoms with Crippen molar-refractivity contribution in [2.24, 2.45) is 0 Å². The maximum atomic E-state index is 12.0. The first-order chi connectivity index (χ1) is 11.6. The van der Waals surface area contributed by atoms with Gasteiger partial charge in [-0.2, -0.15) is 0 Å². The molecule has 0 aromatic carbocycles. The molecule has 0 spiro atoms. The number of carbonyl (C=O) groups excluding carboxylic acids is 3. The lowest BCUT2D eigenvalue weighted by Gasteiger charge is -2.24. The van der Waals surface area contributed by atoms with Crippen LogP contribution in [0.4, 0.5) is 5.69 Å². The number of hydrogen-bond acceptors (Lipinski definition) is 4. The van der Waals surface area contributed by atoms with E-state index in [4.69, 9.17) is 0 Å². The third kappa shape index (κ3) is 6.36. The third-order valence-corrected chi connectivity index (χ3v) is 3.89. The molecule has 2 N–H and O–H groups in total. The lowest BCUT2D eigenvalue weighted by atomic mass is 10.1. The molecule has 24 heavy (non-hydrogen) atoms. The minimum absolute atomic E-state index is 0.0419. The molecule has 1 aliphatic rings. The fraction of sp³-hybridized carbons (Fsp3) is 0.529. The Kier molecular flexibility index (Phi) is 7.20. The van der Waals surface area contributed by atoms with Crippen LogP contribution in [0.2, 0.25) is 0 Å². The van der Waals surface area contributed by atoms with Gasteiger partial charge in [0.15, 0.2) is 0 Å². The zero-order valence-electron chi connectivity index (χ0n) is 13.8. The van der Waals surface area contributed by atoms with Crippen LogP contribution in [0.5, 0.6) is 0 Å². The normalized spacial score (nSPS) is 15.3. The lowest BCUT2D eigenvalue weighted by Crippen LogP contribution is -2.42. The highest BCUT2D eigenvalue weighted by molar-refractivity contribution is 5.91. The van der Waals surface area contributed by atoms with Crippen LogP contribution in [0.25, 0.3) is 0 Å². The predicted octanol–water partition coefficient (Wildman–Crippen LogP) is 1.32. The van der Waals surface area contributed by atoms with Crippen molar-refractivity contribution >= 4 is 23.4 Å². The van der Waals surface area contributed by atoms with Gasteiger partial charge >= 0.3 is 0 Å². The summed E-state index contributed by atoms with van der Waals surface area (Å²) in [6, 6.07) is 3.40. The molecule has 1 aromatic heterocycles. The third-order valence-electron chi connectivity index (χ3n) is 3.89. The second-order valence-electron chi connectivity index (χ2n) is 5.86. The fourth-order valence-electron chi connectivity index (χ4n) is 2.59. The number of rotatable bonds is 6. The number of nitrogens with zero attached hydrogens (tertiary/aromatic N) is 2. The van der Waals surface area contributed by atoms with E-state index in [1.807, 2.05) is 0 Å². The SMILES string of the molecule is O=C(CN1CCCCCCC1=O)NCCC(=O)Nc1ccncc1. The van der Waals surface area contributed by atoms with Crippen LogP contribution < -0.4 is 10.6 Å². The van der Waals surface area contributed by atoms with E-state index in [2.05, 4.69) is 15.6 Å². The minimum atomic E-state index is -0.222. The van der Waals surface area contributed by atoms with Crippen molar-refractivity contribution in [3.63, 3.8) is 0 Å². The summed E-state index contributed by atoms with van der Waals surface area (Å²) in [5, 5.41) is 5.42. The van der Waals surface area contributed by atoms with E-state index in [1.54, 1.807) is 29.4 Å². The zero-order valence-corrected chi connectivity index (χ0v) is 13.8. The summed E-state index contributed by atoms with van der Waals surface area (Å²) in [5.41, 5.74) is 0.674. The van der Waals surface area contributed by atoms with Gasteiger partial charge in [-0.25, -0.2) is 0 Å². The Balaban J connectivity index is 1.67. The van der Waals surface area contributed by atoms with Crippen molar-refractivity contribution in [2.75, 3.05) is 25.0 Å². The van der Waals surface area contributed by atoms with Gasteiger partial charge in [-0.15, -0.1) is 0 Å². The Labute approximate surface area is 141 Å². The van der Waals surface area contributed by atoms with E-state index in [0.29, 0.717) is 18.7 Å². The molecule has 7 nitrogen and oxygen atoms in total. The van der Waals surface area contributed by atoms with E-state index in [9.17, 15) is 14.4 Å². The zero-order chi connectivity index (χ0) is 17.2. The summed E-state index contributed by atoms with van der Waals surface area (Å²) in [6.45, 7) is 0.956. The van der Waals surface area contributed by atoms with Crippen LogP contribution in [0, 0.1) is 0 Å². The van der Waals surface area contributed by atoms with Crippen molar-refractivity contribution in [1.29, 1.82) is 0 Å². The van der Waals surface area contributed by atoms with Gasteiger partial charge in [-0.3, -0.25) is 19.4 Å². The van der Waals surface area contributed by atoms with Crippen molar-refractivity contribution in [1.82, 2.24) is 15.2 Å². The van der Waals surface area contributed by atoms with Gasteiger partial charge in [-0.1, -0.05) is 12.8 Å². The average Bonchev–Trinajstić information content (AvgIpc) is 2.55. The number of aromatic nitrogens is 1. The monoisotopic (exact) mass is 332 g/mol. The van der Waals surface area contributed by atoms with E-state index in [-0.39, 0.29) is 37.2 Å². The smallest absolute Gasteiger partial charge is 0.239 e. The molecule has 0 bridgehead atoms. The largest absolute Gasteiger partial charge is 0.354 e. The molecule has 1 aliphatic heterocycles. The first-order valence-electron chi connectivity index (χ1n) is 8.39.